The monoisotopic (exact) mass is 377 g/mol. The minimum absolute atomic E-state index is 0.285. The highest BCUT2D eigenvalue weighted by Gasteiger charge is 2.19. The second-order valence-electron chi connectivity index (χ2n) is 7.08. The molecule has 0 aliphatic carbocycles. The van der Waals surface area contributed by atoms with Crippen LogP contribution in [0, 0.1) is 0 Å². The Kier molecular flexibility index (Phi) is 5.11. The Hall–Kier alpha value is -2.97. The molecule has 0 atom stereocenters. The number of aromatic nitrogens is 4. The Labute approximate surface area is 154 Å². The van der Waals surface area contributed by atoms with Gasteiger partial charge in [0.1, 0.15) is 17.7 Å². The van der Waals surface area contributed by atoms with Crippen molar-refractivity contribution in [3.63, 3.8) is 0 Å². The highest BCUT2D eigenvalue weighted by molar-refractivity contribution is 5.74. The van der Waals surface area contributed by atoms with Crippen molar-refractivity contribution in [2.45, 2.75) is 39.3 Å². The predicted octanol–water partition coefficient (Wildman–Crippen LogP) is 3.13. The van der Waals surface area contributed by atoms with E-state index in [0.717, 1.165) is 5.56 Å². The van der Waals surface area contributed by atoms with Crippen LogP contribution in [0.25, 0.3) is 11.0 Å². The number of nitrogens with one attached hydrogen (secondary N) is 2. The number of halogens is 2. The van der Waals surface area contributed by atoms with E-state index in [2.05, 4.69) is 20.4 Å². The van der Waals surface area contributed by atoms with Crippen LogP contribution in [0.15, 0.2) is 35.3 Å². The number of benzene rings is 1. The van der Waals surface area contributed by atoms with E-state index in [1.807, 2.05) is 26.8 Å². The molecule has 7 nitrogen and oxygen atoms in total. The van der Waals surface area contributed by atoms with Crippen LogP contribution >= 0.6 is 0 Å². The van der Waals surface area contributed by atoms with E-state index in [1.54, 1.807) is 22.9 Å². The number of hydrogen-bond donors (Lipinski definition) is 2. The number of rotatable bonds is 6. The molecule has 2 N–H and O–H groups in total. The van der Waals surface area contributed by atoms with E-state index in [0.29, 0.717) is 29.3 Å². The van der Waals surface area contributed by atoms with Gasteiger partial charge in [0, 0.05) is 6.54 Å². The number of fused-ring (bicyclic) bond motifs is 1. The third-order valence-corrected chi connectivity index (χ3v) is 3.81. The third kappa shape index (κ3) is 4.42. The molecule has 0 spiro atoms. The lowest BCUT2D eigenvalue weighted by molar-refractivity contribution is 0.0818. The summed E-state index contributed by atoms with van der Waals surface area (Å²) >= 11 is 0. The summed E-state index contributed by atoms with van der Waals surface area (Å²) in [6, 6.07) is 6.80. The Morgan fingerprint density at radius 3 is 2.81 bits per heavy atom. The Morgan fingerprint density at radius 2 is 2.11 bits per heavy atom. The lowest BCUT2D eigenvalue weighted by Crippen LogP contribution is -2.24. The maximum atomic E-state index is 12.3. The van der Waals surface area contributed by atoms with E-state index in [1.165, 1.54) is 6.20 Å². The molecule has 0 aliphatic heterocycles. The molecule has 2 heterocycles. The van der Waals surface area contributed by atoms with Gasteiger partial charge in [0.2, 0.25) is 5.95 Å². The van der Waals surface area contributed by atoms with Crippen molar-refractivity contribution in [1.29, 1.82) is 0 Å². The molecule has 144 valence electrons. The largest absolute Gasteiger partial charge is 0.488 e. The average molecular weight is 377 g/mol. The van der Waals surface area contributed by atoms with Crippen molar-refractivity contribution in [3.8, 4) is 5.75 Å². The van der Waals surface area contributed by atoms with Crippen LogP contribution < -0.4 is 15.6 Å². The van der Waals surface area contributed by atoms with Gasteiger partial charge in [0.25, 0.3) is 12.0 Å². The van der Waals surface area contributed by atoms with Crippen LogP contribution in [0.5, 0.6) is 5.75 Å². The maximum absolute atomic E-state index is 12.3. The fourth-order valence-electron chi connectivity index (χ4n) is 2.58. The third-order valence-electron chi connectivity index (χ3n) is 3.81. The number of ether oxygens (including phenoxy) is 1. The van der Waals surface area contributed by atoms with Gasteiger partial charge in [-0.2, -0.15) is 10.1 Å². The summed E-state index contributed by atoms with van der Waals surface area (Å²) < 4.78 is 31.2. The molecule has 1 aromatic carbocycles. The van der Waals surface area contributed by atoms with Gasteiger partial charge in [-0.3, -0.25) is 9.78 Å². The summed E-state index contributed by atoms with van der Waals surface area (Å²) in [4.78, 5) is 19.4. The summed E-state index contributed by atoms with van der Waals surface area (Å²) in [7, 11) is 0. The van der Waals surface area contributed by atoms with Gasteiger partial charge >= 0.3 is 0 Å². The first kappa shape index (κ1) is 18.8. The van der Waals surface area contributed by atoms with Crippen LogP contribution in [-0.2, 0) is 12.1 Å². The van der Waals surface area contributed by atoms with Gasteiger partial charge in [0.05, 0.1) is 11.7 Å². The van der Waals surface area contributed by atoms with Crippen LogP contribution in [-0.4, -0.2) is 32.8 Å². The number of nitrogens with zero attached hydrogens (tertiary/aromatic N) is 3. The number of hydrogen-bond acceptors (Lipinski definition) is 5. The van der Waals surface area contributed by atoms with Gasteiger partial charge in [-0.25, -0.2) is 13.5 Å². The summed E-state index contributed by atoms with van der Waals surface area (Å²) in [6.45, 7) is 5.60. The fourth-order valence-corrected chi connectivity index (χ4v) is 2.58. The van der Waals surface area contributed by atoms with Crippen molar-refractivity contribution in [1.82, 2.24) is 19.7 Å². The Bertz CT molecular complexity index is 991. The molecule has 9 heteroatoms. The molecule has 0 radical (unpaired) electrons. The molecule has 3 aromatic rings. The molecule has 2 aromatic heterocycles. The van der Waals surface area contributed by atoms with Crippen LogP contribution in [0.2, 0.25) is 0 Å². The zero-order valence-electron chi connectivity index (χ0n) is 15.3. The zero-order chi connectivity index (χ0) is 19.6. The standard InChI is InChI=1S/C18H21F2N5O2/c1-18(2,3)25-15-13(9-22-25)16(26)24-17(23-15)21-8-11-5-4-6-12(7-11)27-10-14(19)20/h4-7,9,14H,8,10H2,1-3H3,(H2,21,23,24,26). The van der Waals surface area contributed by atoms with Gasteiger partial charge in [-0.15, -0.1) is 0 Å². The topological polar surface area (TPSA) is 84.8 Å². The van der Waals surface area contributed by atoms with Crippen LogP contribution in [0.3, 0.4) is 0 Å². The molecule has 0 saturated heterocycles. The summed E-state index contributed by atoms with van der Waals surface area (Å²) in [5.74, 6) is 0.662. The highest BCUT2D eigenvalue weighted by Crippen LogP contribution is 2.19. The van der Waals surface area contributed by atoms with E-state index in [4.69, 9.17) is 4.74 Å². The van der Waals surface area contributed by atoms with Crippen molar-refractivity contribution in [2.24, 2.45) is 0 Å². The molecule has 0 amide bonds. The lowest BCUT2D eigenvalue weighted by atomic mass is 10.1. The molecule has 0 unspecified atom stereocenters. The maximum Gasteiger partial charge on any atom is 0.272 e. The molecule has 27 heavy (non-hydrogen) atoms. The first-order chi connectivity index (χ1) is 12.7. The van der Waals surface area contributed by atoms with Crippen molar-refractivity contribution < 1.29 is 13.5 Å². The lowest BCUT2D eigenvalue weighted by Gasteiger charge is -2.19. The Balaban J connectivity index is 1.79. The van der Waals surface area contributed by atoms with Crippen molar-refractivity contribution in [2.75, 3.05) is 11.9 Å². The average Bonchev–Trinajstić information content (AvgIpc) is 3.03. The molecule has 0 aliphatic rings. The van der Waals surface area contributed by atoms with Gasteiger partial charge in [-0.1, -0.05) is 12.1 Å². The van der Waals surface area contributed by atoms with Crippen LogP contribution in [0.1, 0.15) is 26.3 Å². The molecule has 0 fully saturated rings. The molecule has 0 bridgehead atoms. The highest BCUT2D eigenvalue weighted by atomic mass is 19.3. The molecular formula is C18H21F2N5O2. The summed E-state index contributed by atoms with van der Waals surface area (Å²) in [5, 5.41) is 7.72. The molecule has 0 saturated carbocycles. The van der Waals surface area contributed by atoms with Crippen molar-refractivity contribution >= 4 is 17.0 Å². The first-order valence-corrected chi connectivity index (χ1v) is 8.46. The second kappa shape index (κ2) is 7.34. The summed E-state index contributed by atoms with van der Waals surface area (Å²) in [6.07, 6.45) is -1.03. The molecular weight excluding hydrogens is 356 g/mol. The number of H-pyrrole nitrogens is 1. The molecule has 3 rings (SSSR count). The van der Waals surface area contributed by atoms with E-state index in [-0.39, 0.29) is 11.1 Å². The second-order valence-corrected chi connectivity index (χ2v) is 7.08. The van der Waals surface area contributed by atoms with E-state index in [9.17, 15) is 13.6 Å². The first-order valence-electron chi connectivity index (χ1n) is 8.46. The number of anilines is 1. The fraction of sp³-hybridized carbons (Fsp3) is 0.389. The van der Waals surface area contributed by atoms with E-state index >= 15 is 0 Å². The normalized spacial score (nSPS) is 11.9. The van der Waals surface area contributed by atoms with Gasteiger partial charge in [0.15, 0.2) is 5.65 Å². The SMILES string of the molecule is CC(C)(C)n1ncc2c(=O)[nH]c(NCc3cccc(OCC(F)F)c3)nc21. The minimum Gasteiger partial charge on any atom is -0.488 e. The van der Waals surface area contributed by atoms with Gasteiger partial charge in [-0.05, 0) is 38.5 Å². The summed E-state index contributed by atoms with van der Waals surface area (Å²) in [5.41, 5.74) is 0.680. The predicted molar refractivity (Wildman–Crippen MR) is 98.4 cm³/mol. The Morgan fingerprint density at radius 1 is 1.33 bits per heavy atom. The van der Waals surface area contributed by atoms with Crippen LogP contribution in [0.4, 0.5) is 14.7 Å². The number of alkyl halides is 2. The van der Waals surface area contributed by atoms with Crippen molar-refractivity contribution in [3.05, 3.63) is 46.4 Å². The quantitative estimate of drug-likeness (QED) is 0.689. The number of aromatic amines is 1. The van der Waals surface area contributed by atoms with Gasteiger partial charge < -0.3 is 10.1 Å². The minimum atomic E-state index is -2.53. The smallest absolute Gasteiger partial charge is 0.272 e. The van der Waals surface area contributed by atoms with E-state index < -0.39 is 13.0 Å². The zero-order valence-corrected chi connectivity index (χ0v) is 15.3.